The number of thioether (sulfide) groups is 1. The third-order valence-corrected chi connectivity index (χ3v) is 5.88. The van der Waals surface area contributed by atoms with Gasteiger partial charge in [-0.1, -0.05) is 12.1 Å². The zero-order chi connectivity index (χ0) is 16.9. The first kappa shape index (κ1) is 17.3. The van der Waals surface area contributed by atoms with Crippen molar-refractivity contribution in [1.82, 2.24) is 4.90 Å². The molecule has 2 aliphatic heterocycles. The van der Waals surface area contributed by atoms with Crippen LogP contribution >= 0.6 is 11.8 Å². The smallest absolute Gasteiger partial charge is 0.255 e. The van der Waals surface area contributed by atoms with Crippen molar-refractivity contribution in [2.75, 3.05) is 25.4 Å². The molecule has 0 saturated carbocycles. The second kappa shape index (κ2) is 8.03. The molecule has 2 atom stereocenters. The average Bonchev–Trinajstić information content (AvgIpc) is 3.13. The summed E-state index contributed by atoms with van der Waals surface area (Å²) in [4.78, 5) is 27.1. The van der Waals surface area contributed by atoms with Gasteiger partial charge in [-0.3, -0.25) is 9.59 Å². The van der Waals surface area contributed by atoms with E-state index < -0.39 is 0 Å². The van der Waals surface area contributed by atoms with Crippen LogP contribution in [0.1, 0.15) is 36.0 Å². The van der Waals surface area contributed by atoms with Gasteiger partial charge in [-0.25, -0.2) is 0 Å². The highest BCUT2D eigenvalue weighted by atomic mass is 32.2. The predicted molar refractivity (Wildman–Crippen MR) is 94.0 cm³/mol. The summed E-state index contributed by atoms with van der Waals surface area (Å²) in [5.41, 5.74) is 6.13. The lowest BCUT2D eigenvalue weighted by molar-refractivity contribution is -0.123. The van der Waals surface area contributed by atoms with Gasteiger partial charge in [0.1, 0.15) is 0 Å². The van der Waals surface area contributed by atoms with Crippen LogP contribution in [0.2, 0.25) is 0 Å². The Bertz CT molecular complexity index is 602. The summed E-state index contributed by atoms with van der Waals surface area (Å²) in [6, 6.07) is 7.70. The largest absolute Gasteiger partial charge is 0.377 e. The van der Waals surface area contributed by atoms with Crippen LogP contribution in [0.15, 0.2) is 29.2 Å². The topological polar surface area (TPSA) is 72.6 Å². The van der Waals surface area contributed by atoms with E-state index >= 15 is 0 Å². The first-order valence-electron chi connectivity index (χ1n) is 8.57. The van der Waals surface area contributed by atoms with Crippen LogP contribution in [0.5, 0.6) is 0 Å². The Balaban J connectivity index is 1.68. The molecule has 5 nitrogen and oxygen atoms in total. The number of carbonyl (C=O) groups excluding carboxylic acids is 2. The van der Waals surface area contributed by atoms with Crippen molar-refractivity contribution in [3.05, 3.63) is 29.8 Å². The van der Waals surface area contributed by atoms with E-state index in [0.29, 0.717) is 18.7 Å². The molecule has 0 spiro atoms. The molecule has 0 radical (unpaired) electrons. The van der Waals surface area contributed by atoms with Crippen LogP contribution in [-0.4, -0.2) is 48.3 Å². The molecule has 0 aliphatic carbocycles. The van der Waals surface area contributed by atoms with E-state index in [-0.39, 0.29) is 23.8 Å². The van der Waals surface area contributed by atoms with Crippen molar-refractivity contribution in [2.24, 2.45) is 11.7 Å². The van der Waals surface area contributed by atoms with Crippen molar-refractivity contribution in [3.63, 3.8) is 0 Å². The molecule has 6 heteroatoms. The Kier molecular flexibility index (Phi) is 5.79. The number of amides is 2. The van der Waals surface area contributed by atoms with Gasteiger partial charge in [0.25, 0.3) is 5.91 Å². The number of hydrogen-bond donors (Lipinski definition) is 1. The van der Waals surface area contributed by atoms with Gasteiger partial charge in [0.2, 0.25) is 5.91 Å². The number of piperidine rings is 1. The Hall–Kier alpha value is -1.53. The molecular formula is C18H24N2O3S. The number of nitrogens with two attached hydrogens (primary N) is 1. The SMILES string of the molecule is NC(=O)C1CCCN(C(=O)c2ccccc2SCC2CCCO2)C1. The predicted octanol–water partition coefficient (Wildman–Crippen LogP) is 2.30. The lowest BCUT2D eigenvalue weighted by Crippen LogP contribution is -2.44. The second-order valence-corrected chi connectivity index (χ2v) is 7.50. The minimum absolute atomic E-state index is 0.00334. The first-order chi connectivity index (χ1) is 11.6. The maximum absolute atomic E-state index is 12.9. The van der Waals surface area contributed by atoms with Crippen molar-refractivity contribution >= 4 is 23.6 Å². The summed E-state index contributed by atoms with van der Waals surface area (Å²) in [7, 11) is 0. The maximum Gasteiger partial charge on any atom is 0.255 e. The average molecular weight is 348 g/mol. The number of primary amides is 1. The molecule has 0 aromatic heterocycles. The summed E-state index contributed by atoms with van der Waals surface area (Å²) < 4.78 is 5.66. The molecule has 2 fully saturated rings. The number of carbonyl (C=O) groups is 2. The molecule has 2 saturated heterocycles. The monoisotopic (exact) mass is 348 g/mol. The van der Waals surface area contributed by atoms with Crippen molar-refractivity contribution in [3.8, 4) is 0 Å². The molecule has 3 rings (SSSR count). The Morgan fingerprint density at radius 2 is 2.08 bits per heavy atom. The highest BCUT2D eigenvalue weighted by Gasteiger charge is 2.28. The Morgan fingerprint density at radius 3 is 2.83 bits per heavy atom. The van der Waals surface area contributed by atoms with Crippen LogP contribution < -0.4 is 5.73 Å². The number of benzene rings is 1. The summed E-state index contributed by atoms with van der Waals surface area (Å²) >= 11 is 1.68. The zero-order valence-electron chi connectivity index (χ0n) is 13.8. The van der Waals surface area contributed by atoms with Gasteiger partial charge in [-0.15, -0.1) is 11.8 Å². The fourth-order valence-corrected chi connectivity index (χ4v) is 4.41. The third-order valence-electron chi connectivity index (χ3n) is 4.68. The van der Waals surface area contributed by atoms with Crippen LogP contribution in [-0.2, 0) is 9.53 Å². The highest BCUT2D eigenvalue weighted by Crippen LogP contribution is 2.28. The number of ether oxygens (including phenoxy) is 1. The van der Waals surface area contributed by atoms with Crippen LogP contribution in [0, 0.1) is 5.92 Å². The van der Waals surface area contributed by atoms with Crippen molar-refractivity contribution in [1.29, 1.82) is 0 Å². The standard InChI is InChI=1S/C18H24N2O3S/c19-17(21)13-5-3-9-20(11-13)18(22)15-7-1-2-8-16(15)24-12-14-6-4-10-23-14/h1-2,7-8,13-14H,3-6,9-12H2,(H2,19,21). The maximum atomic E-state index is 12.9. The molecule has 2 unspecified atom stereocenters. The first-order valence-corrected chi connectivity index (χ1v) is 9.55. The number of nitrogens with zero attached hydrogens (tertiary/aromatic N) is 1. The van der Waals surface area contributed by atoms with Gasteiger partial charge < -0.3 is 15.4 Å². The number of hydrogen-bond acceptors (Lipinski definition) is 4. The van der Waals surface area contributed by atoms with Gasteiger partial charge >= 0.3 is 0 Å². The summed E-state index contributed by atoms with van der Waals surface area (Å²) in [5, 5.41) is 0. The fourth-order valence-electron chi connectivity index (χ4n) is 3.29. The number of likely N-dealkylation sites (tertiary alicyclic amines) is 1. The van der Waals surface area contributed by atoms with Gasteiger partial charge in [0.05, 0.1) is 17.6 Å². The minimum atomic E-state index is -0.312. The third kappa shape index (κ3) is 4.11. The zero-order valence-corrected chi connectivity index (χ0v) is 14.6. The quantitative estimate of drug-likeness (QED) is 0.829. The van der Waals surface area contributed by atoms with E-state index in [1.807, 2.05) is 24.3 Å². The Labute approximate surface area is 146 Å². The molecule has 1 aromatic carbocycles. The lowest BCUT2D eigenvalue weighted by Gasteiger charge is -2.31. The van der Waals surface area contributed by atoms with E-state index in [0.717, 1.165) is 42.9 Å². The number of rotatable bonds is 5. The van der Waals surface area contributed by atoms with E-state index in [1.165, 1.54) is 0 Å². The molecule has 2 heterocycles. The fraction of sp³-hybridized carbons (Fsp3) is 0.556. The van der Waals surface area contributed by atoms with Gasteiger partial charge in [-0.05, 0) is 37.8 Å². The van der Waals surface area contributed by atoms with E-state index in [9.17, 15) is 9.59 Å². The molecular weight excluding hydrogens is 324 g/mol. The van der Waals surface area contributed by atoms with Crippen molar-refractivity contribution < 1.29 is 14.3 Å². The highest BCUT2D eigenvalue weighted by molar-refractivity contribution is 7.99. The molecule has 0 bridgehead atoms. The summed E-state index contributed by atoms with van der Waals surface area (Å²) in [6.45, 7) is 1.96. The summed E-state index contributed by atoms with van der Waals surface area (Å²) in [6.07, 6.45) is 4.09. The molecule has 2 amide bonds. The van der Waals surface area contributed by atoms with Crippen molar-refractivity contribution in [2.45, 2.75) is 36.7 Å². The minimum Gasteiger partial charge on any atom is -0.377 e. The lowest BCUT2D eigenvalue weighted by atomic mass is 9.97. The Morgan fingerprint density at radius 1 is 1.25 bits per heavy atom. The van der Waals surface area contributed by atoms with Gasteiger partial charge in [0.15, 0.2) is 0 Å². The second-order valence-electron chi connectivity index (χ2n) is 6.43. The van der Waals surface area contributed by atoms with E-state index in [2.05, 4.69) is 0 Å². The summed E-state index contributed by atoms with van der Waals surface area (Å²) in [5.74, 6) is 0.327. The normalized spacial score (nSPS) is 24.1. The van der Waals surface area contributed by atoms with Gasteiger partial charge in [-0.2, -0.15) is 0 Å². The van der Waals surface area contributed by atoms with E-state index in [4.69, 9.17) is 10.5 Å². The van der Waals surface area contributed by atoms with E-state index in [1.54, 1.807) is 16.7 Å². The molecule has 2 N–H and O–H groups in total. The molecule has 24 heavy (non-hydrogen) atoms. The van der Waals surface area contributed by atoms with Crippen LogP contribution in [0.3, 0.4) is 0 Å². The molecule has 2 aliphatic rings. The van der Waals surface area contributed by atoms with Gasteiger partial charge in [0, 0.05) is 30.3 Å². The van der Waals surface area contributed by atoms with Crippen LogP contribution in [0.25, 0.3) is 0 Å². The molecule has 130 valence electrons. The molecule has 1 aromatic rings. The van der Waals surface area contributed by atoms with Crippen LogP contribution in [0.4, 0.5) is 0 Å².